The molecule has 0 aromatic carbocycles. The van der Waals surface area contributed by atoms with Crippen LogP contribution in [0, 0.1) is 17.8 Å². The Kier molecular flexibility index (Phi) is 3.45. The molecular weight excluding hydrogens is 208 g/mol. The molecule has 3 rings (SSSR count). The first-order valence-electron chi connectivity index (χ1n) is 7.71. The zero-order chi connectivity index (χ0) is 11.8. The lowest BCUT2D eigenvalue weighted by Gasteiger charge is -2.38. The minimum atomic E-state index is 0.804. The van der Waals surface area contributed by atoms with E-state index in [1.165, 1.54) is 51.7 Å². The number of nitrogens with one attached hydrogen (secondary N) is 1. The van der Waals surface area contributed by atoms with Crippen LogP contribution in [0.15, 0.2) is 0 Å². The Hall–Kier alpha value is -0.0800. The summed E-state index contributed by atoms with van der Waals surface area (Å²) >= 11 is 0. The van der Waals surface area contributed by atoms with Gasteiger partial charge in [0.15, 0.2) is 0 Å². The lowest BCUT2D eigenvalue weighted by molar-refractivity contribution is 0.111. The van der Waals surface area contributed by atoms with Gasteiger partial charge in [0.25, 0.3) is 0 Å². The second kappa shape index (κ2) is 4.89. The summed E-state index contributed by atoms with van der Waals surface area (Å²) in [5.41, 5.74) is 0. The predicted molar refractivity (Wildman–Crippen MR) is 72.1 cm³/mol. The fourth-order valence-corrected chi connectivity index (χ4v) is 4.48. The van der Waals surface area contributed by atoms with E-state index in [0.717, 1.165) is 29.8 Å². The molecular formula is C15H28N2. The van der Waals surface area contributed by atoms with Crippen molar-refractivity contribution in [2.75, 3.05) is 19.6 Å². The summed E-state index contributed by atoms with van der Waals surface area (Å²) in [6.07, 6.45) is 7.27. The van der Waals surface area contributed by atoms with E-state index < -0.39 is 0 Å². The summed E-state index contributed by atoms with van der Waals surface area (Å²) in [4.78, 5) is 2.75. The first-order chi connectivity index (χ1) is 8.24. The molecule has 1 saturated carbocycles. The molecule has 2 aliphatic heterocycles. The molecule has 0 bridgehead atoms. The van der Waals surface area contributed by atoms with Gasteiger partial charge in [-0.2, -0.15) is 0 Å². The Morgan fingerprint density at radius 1 is 1.18 bits per heavy atom. The van der Waals surface area contributed by atoms with Crippen LogP contribution in [-0.4, -0.2) is 36.6 Å². The zero-order valence-corrected chi connectivity index (χ0v) is 11.5. The van der Waals surface area contributed by atoms with E-state index in [1.807, 2.05) is 0 Å². The van der Waals surface area contributed by atoms with Crippen LogP contribution in [0.1, 0.15) is 46.0 Å². The van der Waals surface area contributed by atoms with Gasteiger partial charge < -0.3 is 5.32 Å². The zero-order valence-electron chi connectivity index (χ0n) is 11.5. The second-order valence-electron chi connectivity index (χ2n) is 6.84. The topological polar surface area (TPSA) is 15.3 Å². The summed E-state index contributed by atoms with van der Waals surface area (Å²) in [5, 5.41) is 3.80. The van der Waals surface area contributed by atoms with Crippen LogP contribution in [0.2, 0.25) is 0 Å². The van der Waals surface area contributed by atoms with Crippen molar-refractivity contribution in [3.63, 3.8) is 0 Å². The number of likely N-dealkylation sites (tertiary alicyclic amines) is 1. The van der Waals surface area contributed by atoms with Crippen LogP contribution in [0.5, 0.6) is 0 Å². The molecule has 2 heteroatoms. The van der Waals surface area contributed by atoms with Crippen molar-refractivity contribution >= 4 is 0 Å². The van der Waals surface area contributed by atoms with Crippen molar-refractivity contribution in [1.82, 2.24) is 10.2 Å². The first kappa shape index (κ1) is 12.0. The molecule has 5 atom stereocenters. The van der Waals surface area contributed by atoms with Gasteiger partial charge in [0, 0.05) is 18.6 Å². The Labute approximate surface area is 106 Å². The van der Waals surface area contributed by atoms with Crippen molar-refractivity contribution < 1.29 is 0 Å². The SMILES string of the molecule is CC1CCN(CC2NCC3CCCC32)C(C)C1. The monoisotopic (exact) mass is 236 g/mol. The normalized spacial score (nSPS) is 47.3. The maximum Gasteiger partial charge on any atom is 0.0226 e. The molecule has 5 unspecified atom stereocenters. The minimum absolute atomic E-state index is 0.804. The molecule has 2 nitrogen and oxygen atoms in total. The van der Waals surface area contributed by atoms with Gasteiger partial charge in [-0.15, -0.1) is 0 Å². The van der Waals surface area contributed by atoms with Crippen molar-refractivity contribution in [2.24, 2.45) is 17.8 Å². The second-order valence-corrected chi connectivity index (χ2v) is 6.84. The molecule has 2 saturated heterocycles. The van der Waals surface area contributed by atoms with Gasteiger partial charge in [-0.3, -0.25) is 4.90 Å². The molecule has 1 N–H and O–H groups in total. The van der Waals surface area contributed by atoms with Crippen LogP contribution < -0.4 is 5.32 Å². The summed E-state index contributed by atoms with van der Waals surface area (Å²) in [5.74, 6) is 2.96. The number of nitrogens with zero attached hydrogens (tertiary/aromatic N) is 1. The molecule has 0 radical (unpaired) electrons. The number of hydrogen-bond donors (Lipinski definition) is 1. The van der Waals surface area contributed by atoms with E-state index in [4.69, 9.17) is 0 Å². The van der Waals surface area contributed by atoms with E-state index in [1.54, 1.807) is 0 Å². The average Bonchev–Trinajstić information content (AvgIpc) is 2.86. The number of rotatable bonds is 2. The summed E-state index contributed by atoms with van der Waals surface area (Å²) < 4.78 is 0. The fourth-order valence-electron chi connectivity index (χ4n) is 4.48. The van der Waals surface area contributed by atoms with Crippen molar-refractivity contribution in [3.8, 4) is 0 Å². The van der Waals surface area contributed by atoms with Crippen molar-refractivity contribution in [2.45, 2.75) is 58.0 Å². The third-order valence-corrected chi connectivity index (χ3v) is 5.58. The Morgan fingerprint density at radius 2 is 2.06 bits per heavy atom. The molecule has 0 aromatic heterocycles. The van der Waals surface area contributed by atoms with Crippen molar-refractivity contribution in [1.29, 1.82) is 0 Å². The van der Waals surface area contributed by atoms with E-state index in [0.29, 0.717) is 0 Å². The molecule has 0 spiro atoms. The highest BCUT2D eigenvalue weighted by atomic mass is 15.2. The Balaban J connectivity index is 1.56. The average molecular weight is 236 g/mol. The minimum Gasteiger partial charge on any atom is -0.312 e. The largest absolute Gasteiger partial charge is 0.312 e. The van der Waals surface area contributed by atoms with E-state index >= 15 is 0 Å². The maximum atomic E-state index is 3.80. The Bertz CT molecular complexity index is 266. The van der Waals surface area contributed by atoms with Gasteiger partial charge in [-0.25, -0.2) is 0 Å². The molecule has 2 heterocycles. The highest BCUT2D eigenvalue weighted by molar-refractivity contribution is 4.96. The van der Waals surface area contributed by atoms with Crippen LogP contribution in [0.25, 0.3) is 0 Å². The third-order valence-electron chi connectivity index (χ3n) is 5.58. The number of fused-ring (bicyclic) bond motifs is 1. The summed E-state index contributed by atoms with van der Waals surface area (Å²) in [6.45, 7) is 8.78. The molecule has 17 heavy (non-hydrogen) atoms. The molecule has 1 aliphatic carbocycles. The highest BCUT2D eigenvalue weighted by Crippen LogP contribution is 2.38. The van der Waals surface area contributed by atoms with Gasteiger partial charge in [0.2, 0.25) is 0 Å². The highest BCUT2D eigenvalue weighted by Gasteiger charge is 2.40. The lowest BCUT2D eigenvalue weighted by atomic mass is 9.90. The maximum absolute atomic E-state index is 3.80. The van der Waals surface area contributed by atoms with E-state index in [9.17, 15) is 0 Å². The van der Waals surface area contributed by atoms with Gasteiger partial charge in [0.1, 0.15) is 0 Å². The number of hydrogen-bond acceptors (Lipinski definition) is 2. The summed E-state index contributed by atoms with van der Waals surface area (Å²) in [6, 6.07) is 1.61. The summed E-state index contributed by atoms with van der Waals surface area (Å²) in [7, 11) is 0. The molecule has 3 aliphatic rings. The lowest BCUT2D eigenvalue weighted by Crippen LogP contribution is -2.47. The third kappa shape index (κ3) is 2.39. The standard InChI is InChI=1S/C15H28N2/c1-11-6-7-17(12(2)8-11)10-15-14-5-3-4-13(14)9-16-15/h11-16H,3-10H2,1-2H3. The van der Waals surface area contributed by atoms with E-state index in [2.05, 4.69) is 24.1 Å². The van der Waals surface area contributed by atoms with Gasteiger partial charge in [-0.05, 0) is 63.5 Å². The van der Waals surface area contributed by atoms with Crippen LogP contribution in [-0.2, 0) is 0 Å². The van der Waals surface area contributed by atoms with Crippen LogP contribution in [0.4, 0.5) is 0 Å². The quantitative estimate of drug-likeness (QED) is 0.792. The van der Waals surface area contributed by atoms with Gasteiger partial charge in [-0.1, -0.05) is 13.3 Å². The van der Waals surface area contributed by atoms with Crippen molar-refractivity contribution in [3.05, 3.63) is 0 Å². The smallest absolute Gasteiger partial charge is 0.0226 e. The van der Waals surface area contributed by atoms with E-state index in [-0.39, 0.29) is 0 Å². The van der Waals surface area contributed by atoms with Crippen LogP contribution >= 0.6 is 0 Å². The fraction of sp³-hybridized carbons (Fsp3) is 1.00. The van der Waals surface area contributed by atoms with Gasteiger partial charge >= 0.3 is 0 Å². The van der Waals surface area contributed by atoms with Gasteiger partial charge in [0.05, 0.1) is 0 Å². The molecule has 98 valence electrons. The molecule has 3 fully saturated rings. The first-order valence-corrected chi connectivity index (χ1v) is 7.71. The molecule has 0 aromatic rings. The van der Waals surface area contributed by atoms with Crippen LogP contribution in [0.3, 0.4) is 0 Å². The number of piperidine rings is 1. The Morgan fingerprint density at radius 3 is 2.88 bits per heavy atom. The molecule has 0 amide bonds. The predicted octanol–water partition coefficient (Wildman–Crippen LogP) is 2.49.